The maximum Gasteiger partial charge on any atom is 0.344 e. The molecule has 0 amide bonds. The van der Waals surface area contributed by atoms with E-state index in [1.54, 1.807) is 44.2 Å². The molecule has 3 aromatic carbocycles. The van der Waals surface area contributed by atoms with Gasteiger partial charge >= 0.3 is 5.97 Å². The van der Waals surface area contributed by atoms with Crippen molar-refractivity contribution in [3.8, 4) is 23.1 Å². The highest BCUT2D eigenvalue weighted by atomic mass is 79.9. The lowest BCUT2D eigenvalue weighted by Gasteiger charge is -2.15. The molecule has 0 aliphatic carbocycles. The number of rotatable bonds is 9. The van der Waals surface area contributed by atoms with E-state index in [4.69, 9.17) is 23.6 Å². The van der Waals surface area contributed by atoms with E-state index >= 15 is 0 Å². The molecular weight excluding hydrogens is 578 g/mol. The summed E-state index contributed by atoms with van der Waals surface area (Å²) in [5.41, 5.74) is 1.48. The van der Waals surface area contributed by atoms with E-state index in [0.717, 1.165) is 5.39 Å². The molecule has 0 atom stereocenters. The Morgan fingerprint density at radius 3 is 2.65 bits per heavy atom. The normalized spacial score (nSPS) is 11.5. The van der Waals surface area contributed by atoms with Gasteiger partial charge in [0.2, 0.25) is 5.82 Å². The Kier molecular flexibility index (Phi) is 7.97. The first-order valence-electron chi connectivity index (χ1n) is 12.7. The molecule has 0 fully saturated rings. The number of esters is 1. The number of carbonyl (C=O) groups is 1. The number of carbonyl (C=O) groups excluding carboxylic acids is 1. The van der Waals surface area contributed by atoms with Crippen LogP contribution in [0.2, 0.25) is 0 Å². The van der Waals surface area contributed by atoms with Crippen molar-refractivity contribution < 1.29 is 23.4 Å². The molecule has 2 heterocycles. The van der Waals surface area contributed by atoms with Gasteiger partial charge < -0.3 is 18.6 Å². The molecule has 5 aromatic rings. The summed E-state index contributed by atoms with van der Waals surface area (Å²) in [6, 6.07) is 19.9. The molecule has 0 saturated heterocycles. The average molecular weight is 604 g/mol. The molecular formula is C30H26BrN3O6. The molecule has 0 aliphatic heterocycles. The highest BCUT2D eigenvalue weighted by Gasteiger charge is 2.18. The summed E-state index contributed by atoms with van der Waals surface area (Å²) in [6.07, 6.45) is 1.27. The van der Waals surface area contributed by atoms with Crippen molar-refractivity contribution in [2.24, 2.45) is 5.10 Å². The lowest BCUT2D eigenvalue weighted by molar-refractivity contribution is -0.149. The predicted octanol–water partition coefficient (Wildman–Crippen LogP) is 6.18. The molecule has 0 aliphatic rings. The Bertz CT molecular complexity index is 1760. The largest absolute Gasteiger partial charge is 0.490 e. The summed E-state index contributed by atoms with van der Waals surface area (Å²) < 4.78 is 24.4. The van der Waals surface area contributed by atoms with Crippen LogP contribution >= 0.6 is 15.9 Å². The first-order chi connectivity index (χ1) is 19.3. The second kappa shape index (κ2) is 11.7. The minimum absolute atomic E-state index is 0.248. The van der Waals surface area contributed by atoms with E-state index in [-0.39, 0.29) is 24.1 Å². The minimum atomic E-state index is -0.490. The lowest BCUT2D eigenvalue weighted by atomic mass is 10.2. The number of aromatic nitrogens is 2. The fourth-order valence-electron chi connectivity index (χ4n) is 4.10. The number of halogens is 1. The maximum atomic E-state index is 13.5. The number of para-hydroxylation sites is 2. The van der Waals surface area contributed by atoms with Gasteiger partial charge in [-0.1, -0.05) is 30.3 Å². The van der Waals surface area contributed by atoms with E-state index in [9.17, 15) is 9.59 Å². The minimum Gasteiger partial charge on any atom is -0.490 e. The van der Waals surface area contributed by atoms with Crippen LogP contribution in [0.5, 0.6) is 11.5 Å². The number of nitrogens with zero attached hydrogens (tertiary/aromatic N) is 3. The van der Waals surface area contributed by atoms with Crippen molar-refractivity contribution >= 4 is 50.0 Å². The van der Waals surface area contributed by atoms with E-state index in [1.807, 2.05) is 43.3 Å². The van der Waals surface area contributed by atoms with Crippen LogP contribution in [-0.2, 0) is 9.53 Å². The SMILES string of the molecule is CCOc1cc(C=Nn2c(-c3cc4ccccc4o3)nc3ccccc3c2=O)cc(Br)c1OCC(=O)OC(C)C. The Hall–Kier alpha value is -4.44. The van der Waals surface area contributed by atoms with Crippen molar-refractivity contribution in [1.29, 1.82) is 0 Å². The van der Waals surface area contributed by atoms with Gasteiger partial charge in [0.05, 0.1) is 34.3 Å². The Labute approximate surface area is 238 Å². The molecule has 0 N–H and O–H groups in total. The van der Waals surface area contributed by atoms with Crippen LogP contribution in [-0.4, -0.2) is 41.2 Å². The van der Waals surface area contributed by atoms with Crippen LogP contribution in [0.1, 0.15) is 26.3 Å². The van der Waals surface area contributed by atoms with Crippen molar-refractivity contribution in [3.05, 3.63) is 87.1 Å². The van der Waals surface area contributed by atoms with Crippen LogP contribution in [0.15, 0.2) is 85.5 Å². The molecule has 0 unspecified atom stereocenters. The summed E-state index contributed by atoms with van der Waals surface area (Å²) in [6.45, 7) is 5.46. The highest BCUT2D eigenvalue weighted by Crippen LogP contribution is 2.37. The molecule has 0 saturated carbocycles. The molecule has 0 spiro atoms. The number of hydrogen-bond acceptors (Lipinski definition) is 8. The van der Waals surface area contributed by atoms with Gasteiger partial charge in [0, 0.05) is 5.39 Å². The molecule has 0 radical (unpaired) electrons. The van der Waals surface area contributed by atoms with Crippen molar-refractivity contribution in [2.45, 2.75) is 26.9 Å². The zero-order valence-corrected chi connectivity index (χ0v) is 23.7. The van der Waals surface area contributed by atoms with Gasteiger partial charge in [-0.3, -0.25) is 4.79 Å². The van der Waals surface area contributed by atoms with Gasteiger partial charge in [-0.05, 0) is 78.7 Å². The summed E-state index contributed by atoms with van der Waals surface area (Å²) in [7, 11) is 0. The number of fused-ring (bicyclic) bond motifs is 2. The van der Waals surface area contributed by atoms with Gasteiger partial charge in [0.25, 0.3) is 5.56 Å². The molecule has 5 rings (SSSR count). The zero-order chi connectivity index (χ0) is 28.2. The predicted molar refractivity (Wildman–Crippen MR) is 156 cm³/mol. The van der Waals surface area contributed by atoms with Crippen LogP contribution in [0, 0.1) is 0 Å². The first kappa shape index (κ1) is 27.1. The molecule has 204 valence electrons. The quantitative estimate of drug-likeness (QED) is 0.146. The topological polar surface area (TPSA) is 105 Å². The fraction of sp³-hybridized carbons (Fsp3) is 0.200. The number of ether oxygens (including phenoxy) is 3. The van der Waals surface area contributed by atoms with Crippen molar-refractivity contribution in [1.82, 2.24) is 9.66 Å². The highest BCUT2D eigenvalue weighted by molar-refractivity contribution is 9.10. The second-order valence-corrected chi connectivity index (χ2v) is 9.91. The van der Waals surface area contributed by atoms with Crippen LogP contribution < -0.4 is 15.0 Å². The molecule has 9 nitrogen and oxygen atoms in total. The summed E-state index contributed by atoms with van der Waals surface area (Å²) in [5, 5.41) is 5.82. The van der Waals surface area contributed by atoms with E-state index < -0.39 is 5.97 Å². The first-order valence-corrected chi connectivity index (χ1v) is 13.5. The van der Waals surface area contributed by atoms with Gasteiger partial charge in [0.15, 0.2) is 23.9 Å². The standard InChI is InChI=1S/C30H26BrN3O6/c1-4-37-25-14-19(13-22(31)28(25)38-17-27(35)39-18(2)3)16-32-34-29(26-15-20-9-5-8-12-24(20)40-26)33-23-11-7-6-10-21(23)30(34)36/h5-16,18H,4,17H2,1-3H3. The zero-order valence-electron chi connectivity index (χ0n) is 22.1. The second-order valence-electron chi connectivity index (χ2n) is 9.05. The summed E-state index contributed by atoms with van der Waals surface area (Å²) in [4.78, 5) is 30.3. The summed E-state index contributed by atoms with van der Waals surface area (Å²) >= 11 is 3.50. The maximum absolute atomic E-state index is 13.5. The summed E-state index contributed by atoms with van der Waals surface area (Å²) in [5.74, 6) is 0.943. The van der Waals surface area contributed by atoms with Gasteiger partial charge in [-0.15, -0.1) is 0 Å². The van der Waals surface area contributed by atoms with Crippen LogP contribution in [0.3, 0.4) is 0 Å². The number of benzene rings is 3. The Morgan fingerprint density at radius 1 is 1.10 bits per heavy atom. The third-order valence-electron chi connectivity index (χ3n) is 5.76. The van der Waals surface area contributed by atoms with Crippen LogP contribution in [0.25, 0.3) is 33.5 Å². The van der Waals surface area contributed by atoms with Crippen LogP contribution in [0.4, 0.5) is 0 Å². The molecule has 2 aromatic heterocycles. The molecule has 10 heteroatoms. The Balaban J connectivity index is 1.55. The fourth-order valence-corrected chi connectivity index (χ4v) is 4.67. The average Bonchev–Trinajstić information content (AvgIpc) is 3.36. The van der Waals surface area contributed by atoms with Crippen molar-refractivity contribution in [2.75, 3.05) is 13.2 Å². The molecule has 0 bridgehead atoms. The third kappa shape index (κ3) is 5.76. The Morgan fingerprint density at radius 2 is 1.88 bits per heavy atom. The smallest absolute Gasteiger partial charge is 0.344 e. The monoisotopic (exact) mass is 603 g/mol. The van der Waals surface area contributed by atoms with E-state index in [0.29, 0.717) is 50.4 Å². The van der Waals surface area contributed by atoms with Crippen molar-refractivity contribution in [3.63, 3.8) is 0 Å². The van der Waals surface area contributed by atoms with E-state index in [1.165, 1.54) is 10.9 Å². The van der Waals surface area contributed by atoms with Gasteiger partial charge in [-0.2, -0.15) is 9.78 Å². The lowest BCUT2D eigenvalue weighted by Crippen LogP contribution is -2.20. The van der Waals surface area contributed by atoms with Gasteiger partial charge in [-0.25, -0.2) is 9.78 Å². The van der Waals surface area contributed by atoms with E-state index in [2.05, 4.69) is 21.0 Å². The third-order valence-corrected chi connectivity index (χ3v) is 6.34. The number of hydrogen-bond donors (Lipinski definition) is 0. The molecule has 40 heavy (non-hydrogen) atoms. The van der Waals surface area contributed by atoms with Gasteiger partial charge in [0.1, 0.15) is 5.58 Å². The number of furan rings is 1.